The molecule has 0 bridgehead atoms. The molecule has 6 nitrogen and oxygen atoms in total. The van der Waals surface area contributed by atoms with E-state index in [0.717, 1.165) is 22.4 Å². The molecule has 0 fully saturated rings. The molecule has 0 saturated carbocycles. The molecule has 0 aliphatic carbocycles. The zero-order valence-electron chi connectivity index (χ0n) is 10.2. The van der Waals surface area contributed by atoms with Gasteiger partial charge in [0, 0.05) is 19.5 Å². The highest BCUT2D eigenvalue weighted by molar-refractivity contribution is 9.10. The molecule has 18 heavy (non-hydrogen) atoms. The third-order valence-corrected chi connectivity index (χ3v) is 3.11. The van der Waals surface area contributed by atoms with Gasteiger partial charge in [-0.2, -0.15) is 5.10 Å². The molecule has 0 aliphatic rings. The van der Waals surface area contributed by atoms with Crippen LogP contribution in [0.4, 0.5) is 11.6 Å². The number of anilines is 2. The molecular formula is C11H14BrN5O. The molecule has 0 saturated heterocycles. The topological polar surface area (TPSA) is 64.9 Å². The number of halogens is 1. The summed E-state index contributed by atoms with van der Waals surface area (Å²) in [5.74, 6) is 0.557. The van der Waals surface area contributed by atoms with Gasteiger partial charge in [0.15, 0.2) is 0 Å². The predicted molar refractivity (Wildman–Crippen MR) is 71.9 cm³/mol. The summed E-state index contributed by atoms with van der Waals surface area (Å²) in [6.07, 6.45) is 5.34. The van der Waals surface area contributed by atoms with E-state index < -0.39 is 0 Å². The Morgan fingerprint density at radius 3 is 3.00 bits per heavy atom. The van der Waals surface area contributed by atoms with Gasteiger partial charge in [0.05, 0.1) is 35.2 Å². The van der Waals surface area contributed by atoms with E-state index in [1.54, 1.807) is 24.2 Å². The molecule has 0 aromatic carbocycles. The molecule has 2 heterocycles. The van der Waals surface area contributed by atoms with Gasteiger partial charge in [-0.15, -0.1) is 0 Å². The second-order valence-corrected chi connectivity index (χ2v) is 4.59. The van der Waals surface area contributed by atoms with Crippen LogP contribution in [-0.4, -0.2) is 33.5 Å². The molecule has 0 amide bonds. The van der Waals surface area contributed by atoms with Crippen LogP contribution in [0.15, 0.2) is 23.1 Å². The quantitative estimate of drug-likeness (QED) is 0.916. The van der Waals surface area contributed by atoms with Crippen LogP contribution in [0, 0.1) is 6.92 Å². The summed E-state index contributed by atoms with van der Waals surface area (Å²) >= 11 is 3.36. The molecular weight excluding hydrogens is 298 g/mol. The summed E-state index contributed by atoms with van der Waals surface area (Å²) in [6.45, 7) is 3.27. The summed E-state index contributed by atoms with van der Waals surface area (Å²) in [4.78, 5) is 8.48. The SMILES string of the molecule is COCCn1cc(Nc2ncc(Br)c(C)n2)cn1. The second kappa shape index (κ2) is 5.92. The lowest BCUT2D eigenvalue weighted by Crippen LogP contribution is -2.04. The van der Waals surface area contributed by atoms with Gasteiger partial charge in [0.2, 0.25) is 5.95 Å². The smallest absolute Gasteiger partial charge is 0.227 e. The molecule has 2 rings (SSSR count). The van der Waals surface area contributed by atoms with E-state index in [1.165, 1.54) is 0 Å². The van der Waals surface area contributed by atoms with Crippen molar-refractivity contribution in [2.24, 2.45) is 0 Å². The van der Waals surface area contributed by atoms with Crippen LogP contribution in [0.3, 0.4) is 0 Å². The van der Waals surface area contributed by atoms with Crippen molar-refractivity contribution < 1.29 is 4.74 Å². The highest BCUT2D eigenvalue weighted by Gasteiger charge is 2.03. The number of aromatic nitrogens is 4. The van der Waals surface area contributed by atoms with Gasteiger partial charge in [0.25, 0.3) is 0 Å². The van der Waals surface area contributed by atoms with Crippen molar-refractivity contribution in [2.45, 2.75) is 13.5 Å². The minimum Gasteiger partial charge on any atom is -0.383 e. The van der Waals surface area contributed by atoms with Gasteiger partial charge < -0.3 is 10.1 Å². The van der Waals surface area contributed by atoms with Crippen LogP contribution in [0.5, 0.6) is 0 Å². The molecule has 0 atom stereocenters. The lowest BCUT2D eigenvalue weighted by molar-refractivity contribution is 0.183. The Morgan fingerprint density at radius 1 is 1.44 bits per heavy atom. The molecule has 96 valence electrons. The minimum absolute atomic E-state index is 0.557. The fourth-order valence-corrected chi connectivity index (χ4v) is 1.57. The maximum absolute atomic E-state index is 4.99. The van der Waals surface area contributed by atoms with E-state index in [0.29, 0.717) is 12.6 Å². The molecule has 0 spiro atoms. The number of hydrogen-bond acceptors (Lipinski definition) is 5. The van der Waals surface area contributed by atoms with Crippen LogP contribution in [0.1, 0.15) is 5.69 Å². The Morgan fingerprint density at radius 2 is 2.28 bits per heavy atom. The van der Waals surface area contributed by atoms with E-state index in [-0.39, 0.29) is 0 Å². The highest BCUT2D eigenvalue weighted by Crippen LogP contribution is 2.16. The first kappa shape index (κ1) is 13.0. The first-order valence-corrected chi connectivity index (χ1v) is 6.26. The molecule has 0 unspecified atom stereocenters. The number of rotatable bonds is 5. The standard InChI is InChI=1S/C11H14BrN5O/c1-8-10(12)6-13-11(15-8)16-9-5-14-17(7-9)3-4-18-2/h5-7H,3-4H2,1-2H3,(H,13,15,16). The predicted octanol–water partition coefficient (Wildman–Crippen LogP) is 2.13. The number of ether oxygens (including phenoxy) is 1. The molecule has 7 heteroatoms. The average molecular weight is 312 g/mol. The van der Waals surface area contributed by atoms with Crippen molar-refractivity contribution in [3.05, 3.63) is 28.8 Å². The molecule has 0 radical (unpaired) electrons. The Hall–Kier alpha value is -1.47. The Bertz CT molecular complexity index is 528. The fourth-order valence-electron chi connectivity index (χ4n) is 1.38. The zero-order chi connectivity index (χ0) is 13.0. The lowest BCUT2D eigenvalue weighted by atomic mass is 10.4. The largest absolute Gasteiger partial charge is 0.383 e. The van der Waals surface area contributed by atoms with E-state index in [4.69, 9.17) is 4.74 Å². The lowest BCUT2D eigenvalue weighted by Gasteiger charge is -2.03. The van der Waals surface area contributed by atoms with Crippen LogP contribution in [-0.2, 0) is 11.3 Å². The van der Waals surface area contributed by atoms with Gasteiger partial charge >= 0.3 is 0 Å². The monoisotopic (exact) mass is 311 g/mol. The van der Waals surface area contributed by atoms with Crippen molar-refractivity contribution in [1.29, 1.82) is 0 Å². The van der Waals surface area contributed by atoms with Crippen molar-refractivity contribution in [3.63, 3.8) is 0 Å². The normalized spacial score (nSPS) is 10.6. The molecule has 2 aromatic heterocycles. The average Bonchev–Trinajstić information content (AvgIpc) is 2.79. The summed E-state index contributed by atoms with van der Waals surface area (Å²) in [5.41, 5.74) is 1.74. The first-order valence-electron chi connectivity index (χ1n) is 5.46. The summed E-state index contributed by atoms with van der Waals surface area (Å²) < 4.78 is 7.69. The third kappa shape index (κ3) is 3.27. The van der Waals surface area contributed by atoms with E-state index in [2.05, 4.69) is 36.3 Å². The Kier molecular flexibility index (Phi) is 4.27. The van der Waals surface area contributed by atoms with Gasteiger partial charge in [-0.3, -0.25) is 4.68 Å². The van der Waals surface area contributed by atoms with E-state index in [9.17, 15) is 0 Å². The van der Waals surface area contributed by atoms with Crippen molar-refractivity contribution in [1.82, 2.24) is 19.7 Å². The number of hydrogen-bond donors (Lipinski definition) is 1. The summed E-state index contributed by atoms with van der Waals surface area (Å²) in [6, 6.07) is 0. The Labute approximate surface area is 114 Å². The van der Waals surface area contributed by atoms with Crippen LogP contribution < -0.4 is 5.32 Å². The summed E-state index contributed by atoms with van der Waals surface area (Å²) in [7, 11) is 1.67. The van der Waals surface area contributed by atoms with Crippen molar-refractivity contribution in [2.75, 3.05) is 19.0 Å². The van der Waals surface area contributed by atoms with Crippen LogP contribution in [0.2, 0.25) is 0 Å². The number of nitrogens with zero attached hydrogens (tertiary/aromatic N) is 4. The van der Waals surface area contributed by atoms with Gasteiger partial charge in [0.1, 0.15) is 0 Å². The second-order valence-electron chi connectivity index (χ2n) is 3.74. The fraction of sp³-hybridized carbons (Fsp3) is 0.364. The number of nitrogens with one attached hydrogen (secondary N) is 1. The van der Waals surface area contributed by atoms with Crippen LogP contribution in [0.25, 0.3) is 0 Å². The highest BCUT2D eigenvalue weighted by atomic mass is 79.9. The molecule has 0 aliphatic heterocycles. The number of aryl methyl sites for hydroxylation is 1. The minimum atomic E-state index is 0.557. The maximum Gasteiger partial charge on any atom is 0.227 e. The van der Waals surface area contributed by atoms with Gasteiger partial charge in [-0.1, -0.05) is 0 Å². The van der Waals surface area contributed by atoms with Crippen LogP contribution >= 0.6 is 15.9 Å². The number of methoxy groups -OCH3 is 1. The maximum atomic E-state index is 4.99. The zero-order valence-corrected chi connectivity index (χ0v) is 11.8. The van der Waals surface area contributed by atoms with Gasteiger partial charge in [-0.25, -0.2) is 9.97 Å². The first-order chi connectivity index (χ1) is 8.69. The van der Waals surface area contributed by atoms with Crippen molar-refractivity contribution in [3.8, 4) is 0 Å². The van der Waals surface area contributed by atoms with Crippen molar-refractivity contribution >= 4 is 27.6 Å². The molecule has 2 aromatic rings. The summed E-state index contributed by atoms with van der Waals surface area (Å²) in [5, 5.41) is 7.30. The third-order valence-electron chi connectivity index (χ3n) is 2.33. The van der Waals surface area contributed by atoms with E-state index in [1.807, 2.05) is 13.1 Å². The van der Waals surface area contributed by atoms with Gasteiger partial charge in [-0.05, 0) is 22.9 Å². The molecule has 1 N–H and O–H groups in total. The Balaban J connectivity index is 2.04. The van der Waals surface area contributed by atoms with E-state index >= 15 is 0 Å².